The molecule has 3 fully saturated rings. The maximum Gasteiger partial charge on any atom is 0.302 e. The van der Waals surface area contributed by atoms with Crippen LogP contribution in [0.3, 0.4) is 0 Å². The van der Waals surface area contributed by atoms with Gasteiger partial charge in [-0.3, -0.25) is 9.59 Å². The molecule has 6 atom stereocenters. The van der Waals surface area contributed by atoms with Crippen molar-refractivity contribution in [2.24, 2.45) is 33.7 Å². The molecule has 0 bridgehead atoms. The third-order valence-electron chi connectivity index (χ3n) is 8.04. The van der Waals surface area contributed by atoms with Gasteiger partial charge in [0.15, 0.2) is 0 Å². The number of hydrogen-bond acceptors (Lipinski definition) is 5. The Bertz CT molecular complexity index is 730. The molecule has 27 heavy (non-hydrogen) atoms. The number of oxime groups is 1. The summed E-state index contributed by atoms with van der Waals surface area (Å²) < 4.78 is 5.68. The molecule has 2 N–H and O–H groups in total. The van der Waals surface area contributed by atoms with E-state index in [1.807, 2.05) is 0 Å². The van der Waals surface area contributed by atoms with Crippen molar-refractivity contribution in [2.45, 2.75) is 65.4 Å². The van der Waals surface area contributed by atoms with Crippen LogP contribution in [0.4, 0.5) is 0 Å². The number of carbonyl (C=O) groups is 2. The third-order valence-corrected chi connectivity index (χ3v) is 8.04. The first-order valence-electron chi connectivity index (χ1n) is 10.2. The topological polar surface area (TPSA) is 88.0 Å². The van der Waals surface area contributed by atoms with Gasteiger partial charge in [-0.1, -0.05) is 24.6 Å². The summed E-state index contributed by atoms with van der Waals surface area (Å²) in [5, 5.41) is 16.7. The van der Waals surface area contributed by atoms with Gasteiger partial charge in [0, 0.05) is 30.9 Å². The van der Waals surface area contributed by atoms with Gasteiger partial charge < -0.3 is 15.3 Å². The number of rotatable bonds is 1. The molecule has 0 aromatic rings. The fourth-order valence-corrected chi connectivity index (χ4v) is 6.87. The number of fused-ring (bicyclic) bond motifs is 5. The maximum atomic E-state index is 12.1. The highest BCUT2D eigenvalue weighted by atomic mass is 16.5. The molecule has 0 saturated heterocycles. The normalized spacial score (nSPS) is 45.1. The monoisotopic (exact) mass is 374 g/mol. The number of nitrogens with zero attached hydrogens (tertiary/aromatic N) is 1. The van der Waals surface area contributed by atoms with Crippen LogP contribution >= 0.6 is 0 Å². The summed E-state index contributed by atoms with van der Waals surface area (Å²) in [5.41, 5.74) is 1.67. The van der Waals surface area contributed by atoms with Gasteiger partial charge in [0.1, 0.15) is 6.10 Å². The van der Waals surface area contributed by atoms with E-state index in [1.54, 1.807) is 6.08 Å². The summed E-state index contributed by atoms with van der Waals surface area (Å²) in [6, 6.07) is 0. The smallest absolute Gasteiger partial charge is 0.302 e. The fraction of sp³-hybridized carbons (Fsp3) is 0.762. The molecule has 1 aliphatic heterocycles. The predicted molar refractivity (Wildman–Crippen MR) is 100 cm³/mol. The Hall–Kier alpha value is -1.85. The Morgan fingerprint density at radius 1 is 1.33 bits per heavy atom. The summed E-state index contributed by atoms with van der Waals surface area (Å²) in [6.07, 6.45) is 7.00. The summed E-state index contributed by atoms with van der Waals surface area (Å²) in [7, 11) is 0. The van der Waals surface area contributed by atoms with Gasteiger partial charge in [-0.25, -0.2) is 0 Å². The van der Waals surface area contributed by atoms with Crippen molar-refractivity contribution in [2.75, 3.05) is 6.54 Å². The second-order valence-electron chi connectivity index (χ2n) is 9.36. The molecule has 1 amide bonds. The minimum absolute atomic E-state index is 0.00824. The molecule has 4 aliphatic rings. The van der Waals surface area contributed by atoms with Gasteiger partial charge in [0.25, 0.3) is 0 Å². The number of ether oxygens (including phenoxy) is 1. The lowest BCUT2D eigenvalue weighted by atomic mass is 9.47. The van der Waals surface area contributed by atoms with Gasteiger partial charge in [-0.2, -0.15) is 0 Å². The molecule has 0 spiro atoms. The number of hydrogen-bond donors (Lipinski definition) is 2. The summed E-state index contributed by atoms with van der Waals surface area (Å²) in [5.74, 6) is 0.740. The van der Waals surface area contributed by atoms with Gasteiger partial charge in [0.05, 0.1) is 5.71 Å². The van der Waals surface area contributed by atoms with E-state index in [9.17, 15) is 14.8 Å². The molecular formula is C21H30N2O4. The van der Waals surface area contributed by atoms with Crippen LogP contribution in [0.1, 0.15) is 59.3 Å². The van der Waals surface area contributed by atoms with E-state index < -0.39 is 0 Å². The van der Waals surface area contributed by atoms with Crippen molar-refractivity contribution in [1.29, 1.82) is 0 Å². The van der Waals surface area contributed by atoms with Crippen molar-refractivity contribution in [3.63, 3.8) is 0 Å². The molecule has 0 aromatic carbocycles. The van der Waals surface area contributed by atoms with Crippen molar-refractivity contribution < 1.29 is 19.5 Å². The lowest BCUT2D eigenvalue weighted by Crippen LogP contribution is -2.55. The molecule has 3 aliphatic carbocycles. The molecule has 148 valence electrons. The molecule has 0 aromatic heterocycles. The molecule has 1 heterocycles. The van der Waals surface area contributed by atoms with E-state index in [4.69, 9.17) is 4.74 Å². The van der Waals surface area contributed by atoms with E-state index in [-0.39, 0.29) is 34.7 Å². The lowest BCUT2D eigenvalue weighted by molar-refractivity contribution is -0.153. The third kappa shape index (κ3) is 2.71. The minimum Gasteiger partial charge on any atom is -0.462 e. The first kappa shape index (κ1) is 18.5. The Morgan fingerprint density at radius 2 is 2.11 bits per heavy atom. The number of carbonyl (C=O) groups excluding carboxylic acids is 2. The summed E-state index contributed by atoms with van der Waals surface area (Å²) >= 11 is 0. The Morgan fingerprint density at radius 3 is 2.81 bits per heavy atom. The van der Waals surface area contributed by atoms with E-state index in [0.29, 0.717) is 24.8 Å². The van der Waals surface area contributed by atoms with Gasteiger partial charge in [-0.05, 0) is 55.8 Å². The SMILES string of the molecule is CC(=O)O[C@H]1CC[C@H]2[C@@H]3CCC4=CC(=O)NCC[C@]4(C)[C@H]3/C(=N\O)C[C@]12C. The van der Waals surface area contributed by atoms with Crippen molar-refractivity contribution in [3.8, 4) is 0 Å². The quantitative estimate of drug-likeness (QED) is 0.419. The van der Waals surface area contributed by atoms with Crippen molar-refractivity contribution >= 4 is 17.6 Å². The molecule has 3 saturated carbocycles. The second kappa shape index (κ2) is 6.35. The lowest BCUT2D eigenvalue weighted by Gasteiger charge is -2.56. The van der Waals surface area contributed by atoms with Gasteiger partial charge in [0.2, 0.25) is 5.91 Å². The number of amides is 1. The average Bonchev–Trinajstić information content (AvgIpc) is 2.83. The highest BCUT2D eigenvalue weighted by Gasteiger charge is 2.62. The van der Waals surface area contributed by atoms with E-state index in [2.05, 4.69) is 24.3 Å². The molecular weight excluding hydrogens is 344 g/mol. The molecule has 6 nitrogen and oxygen atoms in total. The molecule has 0 unspecified atom stereocenters. The van der Waals surface area contributed by atoms with E-state index in [0.717, 1.165) is 37.8 Å². The van der Waals surface area contributed by atoms with Crippen LogP contribution in [0.15, 0.2) is 16.8 Å². The maximum absolute atomic E-state index is 12.1. The van der Waals surface area contributed by atoms with Crippen LogP contribution < -0.4 is 5.32 Å². The Labute approximate surface area is 160 Å². The Kier molecular flexibility index (Phi) is 4.35. The van der Waals surface area contributed by atoms with Crippen LogP contribution in [0.5, 0.6) is 0 Å². The highest BCUT2D eigenvalue weighted by Crippen LogP contribution is 2.64. The summed E-state index contributed by atoms with van der Waals surface area (Å²) in [4.78, 5) is 23.7. The zero-order chi connectivity index (χ0) is 19.4. The van der Waals surface area contributed by atoms with E-state index >= 15 is 0 Å². The highest BCUT2D eigenvalue weighted by molar-refractivity contribution is 5.92. The zero-order valence-corrected chi connectivity index (χ0v) is 16.5. The average molecular weight is 374 g/mol. The largest absolute Gasteiger partial charge is 0.462 e. The van der Waals surface area contributed by atoms with E-state index in [1.165, 1.54) is 12.5 Å². The van der Waals surface area contributed by atoms with Crippen molar-refractivity contribution in [1.82, 2.24) is 5.32 Å². The molecule has 4 rings (SSSR count). The molecule has 6 heteroatoms. The first-order valence-corrected chi connectivity index (χ1v) is 10.2. The van der Waals surface area contributed by atoms with Crippen LogP contribution in [0, 0.1) is 28.6 Å². The summed E-state index contributed by atoms with van der Waals surface area (Å²) in [6.45, 7) is 6.56. The number of allylic oxidation sites excluding steroid dienone is 1. The van der Waals surface area contributed by atoms with Crippen LogP contribution in [0.25, 0.3) is 0 Å². The first-order chi connectivity index (χ1) is 12.8. The zero-order valence-electron chi connectivity index (χ0n) is 16.5. The van der Waals surface area contributed by atoms with Crippen LogP contribution in [-0.4, -0.2) is 35.4 Å². The van der Waals surface area contributed by atoms with Gasteiger partial charge >= 0.3 is 5.97 Å². The second-order valence-corrected chi connectivity index (χ2v) is 9.36. The predicted octanol–water partition coefficient (Wildman–Crippen LogP) is 3.05. The fourth-order valence-electron chi connectivity index (χ4n) is 6.87. The molecule has 0 radical (unpaired) electrons. The number of nitrogens with one attached hydrogen (secondary N) is 1. The van der Waals surface area contributed by atoms with Crippen LogP contribution in [-0.2, 0) is 14.3 Å². The standard InChI is InChI=1S/C21H30N2O4/c1-12(24)27-17-7-6-15-14-5-4-13-10-18(25)22-9-8-20(13,2)19(14)16(23-26)11-21(15,17)3/h10,14-15,17,19,26H,4-9,11H2,1-3H3,(H,22,25)/b23-16-/t14-,15-,17-,19+,20-,21-/m0/s1. The minimum atomic E-state index is -0.235. The Balaban J connectivity index is 1.74. The van der Waals surface area contributed by atoms with Crippen molar-refractivity contribution in [3.05, 3.63) is 11.6 Å². The van der Waals surface area contributed by atoms with Crippen LogP contribution in [0.2, 0.25) is 0 Å². The van der Waals surface area contributed by atoms with Gasteiger partial charge in [-0.15, -0.1) is 0 Å². The number of esters is 1.